The SMILES string of the molecule is O=C(N[C@H]1C[C@H]2CC[C@@H](C1)N2S(=O)(=O)N1CCC(NCCC(F)(F)F)CC1)c1cc(C2CC2)on1. The number of carbonyl (C=O) groups excluding carboxylic acids is 1. The minimum absolute atomic E-state index is 0.113. The van der Waals surface area contributed by atoms with Crippen molar-refractivity contribution in [2.75, 3.05) is 19.6 Å². The second kappa shape index (κ2) is 9.64. The monoisotopic (exact) mass is 519 g/mol. The number of fused-ring (bicyclic) bond motifs is 2. The van der Waals surface area contributed by atoms with Crippen molar-refractivity contribution < 1.29 is 30.9 Å². The third-order valence-corrected chi connectivity index (χ3v) is 9.78. The third-order valence-electron chi connectivity index (χ3n) is 7.63. The molecule has 0 radical (unpaired) electrons. The van der Waals surface area contributed by atoms with Gasteiger partial charge in [-0.1, -0.05) is 5.16 Å². The van der Waals surface area contributed by atoms with Gasteiger partial charge in [-0.15, -0.1) is 0 Å². The Balaban J connectivity index is 1.13. The van der Waals surface area contributed by atoms with Crippen LogP contribution in [-0.2, 0) is 10.2 Å². The summed E-state index contributed by atoms with van der Waals surface area (Å²) in [5.41, 5.74) is 0.265. The number of nitrogens with one attached hydrogen (secondary N) is 2. The standard InChI is InChI=1S/C22H32F3N5O4S/c23-22(24,25)7-8-26-15-5-9-29(10-6-15)35(32,33)30-17-3-4-18(30)12-16(11-17)27-21(31)19-13-20(34-28-19)14-1-2-14/h13-18,26H,1-12H2,(H,27,31)/t16-,17+,18-. The largest absolute Gasteiger partial charge is 0.390 e. The van der Waals surface area contributed by atoms with Gasteiger partial charge in [-0.3, -0.25) is 4.79 Å². The predicted molar refractivity (Wildman–Crippen MR) is 120 cm³/mol. The summed E-state index contributed by atoms with van der Waals surface area (Å²) in [6.07, 6.45) is 0.587. The Bertz CT molecular complexity index is 1010. The molecule has 1 aromatic rings. The number of halogens is 3. The smallest absolute Gasteiger partial charge is 0.360 e. The number of aromatic nitrogens is 1. The van der Waals surface area contributed by atoms with Gasteiger partial charge >= 0.3 is 6.18 Å². The van der Waals surface area contributed by atoms with E-state index < -0.39 is 22.8 Å². The van der Waals surface area contributed by atoms with Crippen LogP contribution in [0.1, 0.15) is 80.0 Å². The van der Waals surface area contributed by atoms with Gasteiger partial charge in [0.1, 0.15) is 5.76 Å². The van der Waals surface area contributed by atoms with Crippen molar-refractivity contribution in [2.45, 2.75) is 94.0 Å². The molecule has 2 bridgehead atoms. The summed E-state index contributed by atoms with van der Waals surface area (Å²) >= 11 is 0. The van der Waals surface area contributed by atoms with Crippen molar-refractivity contribution in [3.05, 3.63) is 17.5 Å². The van der Waals surface area contributed by atoms with Crippen molar-refractivity contribution in [1.29, 1.82) is 0 Å². The first-order valence-corrected chi connectivity index (χ1v) is 13.9. The number of carbonyl (C=O) groups is 1. The fourth-order valence-electron chi connectivity index (χ4n) is 5.69. The molecule has 4 heterocycles. The molecule has 0 aromatic carbocycles. The van der Waals surface area contributed by atoms with Crippen molar-refractivity contribution >= 4 is 16.1 Å². The molecule has 9 nitrogen and oxygen atoms in total. The maximum absolute atomic E-state index is 13.4. The number of hydrogen-bond donors (Lipinski definition) is 2. The molecule has 3 atom stereocenters. The van der Waals surface area contributed by atoms with Crippen LogP contribution in [0.3, 0.4) is 0 Å². The van der Waals surface area contributed by atoms with E-state index in [2.05, 4.69) is 15.8 Å². The van der Waals surface area contributed by atoms with Gasteiger partial charge in [-0.2, -0.15) is 30.2 Å². The Morgan fingerprint density at radius 1 is 1.06 bits per heavy atom. The highest BCUT2D eigenvalue weighted by Crippen LogP contribution is 2.41. The molecule has 0 spiro atoms. The molecule has 13 heteroatoms. The van der Waals surface area contributed by atoms with Gasteiger partial charge in [0.2, 0.25) is 0 Å². The second-order valence-corrected chi connectivity index (χ2v) is 12.1. The lowest BCUT2D eigenvalue weighted by atomic mass is 9.99. The van der Waals surface area contributed by atoms with E-state index in [1.54, 1.807) is 10.4 Å². The molecule has 1 amide bonds. The normalized spacial score (nSPS) is 28.9. The molecule has 196 valence electrons. The maximum atomic E-state index is 13.4. The molecule has 3 saturated heterocycles. The molecule has 1 saturated carbocycles. The molecule has 5 rings (SSSR count). The van der Waals surface area contributed by atoms with E-state index in [0.717, 1.165) is 31.4 Å². The summed E-state index contributed by atoms with van der Waals surface area (Å²) in [7, 11) is -3.67. The zero-order valence-electron chi connectivity index (χ0n) is 19.5. The summed E-state index contributed by atoms with van der Waals surface area (Å²) < 4.78 is 72.3. The highest BCUT2D eigenvalue weighted by molar-refractivity contribution is 7.86. The van der Waals surface area contributed by atoms with Crippen molar-refractivity contribution in [1.82, 2.24) is 24.4 Å². The van der Waals surface area contributed by atoms with Crippen molar-refractivity contribution in [3.63, 3.8) is 0 Å². The third kappa shape index (κ3) is 5.67. The first-order chi connectivity index (χ1) is 16.6. The molecule has 3 aliphatic heterocycles. The molecule has 0 unspecified atom stereocenters. The lowest BCUT2D eigenvalue weighted by Gasteiger charge is -2.42. The van der Waals surface area contributed by atoms with Crippen LogP contribution in [0.4, 0.5) is 13.2 Å². The molecule has 2 N–H and O–H groups in total. The Morgan fingerprint density at radius 2 is 1.71 bits per heavy atom. The van der Waals surface area contributed by atoms with E-state index >= 15 is 0 Å². The lowest BCUT2D eigenvalue weighted by Crippen LogP contribution is -2.57. The van der Waals surface area contributed by atoms with Gasteiger partial charge in [0.15, 0.2) is 5.69 Å². The number of amides is 1. The predicted octanol–water partition coefficient (Wildman–Crippen LogP) is 2.53. The summed E-state index contributed by atoms with van der Waals surface area (Å²) in [4.78, 5) is 12.6. The van der Waals surface area contributed by atoms with E-state index in [4.69, 9.17) is 4.52 Å². The minimum Gasteiger partial charge on any atom is -0.360 e. The number of nitrogens with zero attached hydrogens (tertiary/aromatic N) is 3. The summed E-state index contributed by atoms with van der Waals surface area (Å²) in [6, 6.07) is 1.11. The van der Waals surface area contributed by atoms with Crippen molar-refractivity contribution in [2.24, 2.45) is 0 Å². The Morgan fingerprint density at radius 3 is 2.31 bits per heavy atom. The fraction of sp³-hybridized carbons (Fsp3) is 0.818. The van der Waals surface area contributed by atoms with Crippen molar-refractivity contribution in [3.8, 4) is 0 Å². The number of rotatable bonds is 8. The van der Waals surface area contributed by atoms with Gasteiger partial charge in [-0.25, -0.2) is 0 Å². The van der Waals surface area contributed by atoms with Crippen LogP contribution in [0, 0.1) is 0 Å². The second-order valence-electron chi connectivity index (χ2n) is 10.2. The first kappa shape index (κ1) is 25.0. The van der Waals surface area contributed by atoms with Crippen LogP contribution in [0.25, 0.3) is 0 Å². The highest BCUT2D eigenvalue weighted by atomic mass is 32.2. The van der Waals surface area contributed by atoms with E-state index in [-0.39, 0.29) is 55.4 Å². The molecular weight excluding hydrogens is 487 g/mol. The molecular formula is C22H32F3N5O4S. The fourth-order valence-corrected chi connectivity index (χ4v) is 7.76. The first-order valence-electron chi connectivity index (χ1n) is 12.5. The van der Waals surface area contributed by atoms with Crippen LogP contribution < -0.4 is 10.6 Å². The zero-order valence-corrected chi connectivity index (χ0v) is 20.3. The number of alkyl halides is 3. The highest BCUT2D eigenvalue weighted by Gasteiger charge is 2.49. The van der Waals surface area contributed by atoms with E-state index in [1.165, 1.54) is 4.31 Å². The minimum atomic E-state index is -4.20. The molecule has 1 aromatic heterocycles. The average Bonchev–Trinajstić information content (AvgIpc) is 3.45. The topological polar surface area (TPSA) is 108 Å². The van der Waals surface area contributed by atoms with E-state index in [9.17, 15) is 26.4 Å². The molecule has 4 fully saturated rings. The van der Waals surface area contributed by atoms with Crippen LogP contribution in [0.5, 0.6) is 0 Å². The summed E-state index contributed by atoms with van der Waals surface area (Å²) in [5.74, 6) is 0.825. The lowest BCUT2D eigenvalue weighted by molar-refractivity contribution is -0.133. The summed E-state index contributed by atoms with van der Waals surface area (Å²) in [6.45, 7) is 0.426. The number of piperidine rings is 2. The Kier molecular flexibility index (Phi) is 6.88. The van der Waals surface area contributed by atoms with Gasteiger partial charge in [-0.05, 0) is 51.4 Å². The number of hydrogen-bond acceptors (Lipinski definition) is 6. The zero-order chi connectivity index (χ0) is 24.8. The van der Waals surface area contributed by atoms with E-state index in [0.29, 0.717) is 31.6 Å². The molecule has 1 aliphatic carbocycles. The average molecular weight is 520 g/mol. The Hall–Kier alpha value is -1.70. The van der Waals surface area contributed by atoms with Gasteiger partial charge in [0, 0.05) is 55.8 Å². The maximum Gasteiger partial charge on any atom is 0.390 e. The van der Waals surface area contributed by atoms with Gasteiger partial charge in [0.25, 0.3) is 16.1 Å². The quantitative estimate of drug-likeness (QED) is 0.547. The van der Waals surface area contributed by atoms with E-state index in [1.807, 2.05) is 0 Å². The van der Waals surface area contributed by atoms with Crippen LogP contribution in [0.15, 0.2) is 10.6 Å². The van der Waals surface area contributed by atoms with Crippen LogP contribution in [0.2, 0.25) is 0 Å². The van der Waals surface area contributed by atoms with Crippen LogP contribution in [-0.4, -0.2) is 78.1 Å². The van der Waals surface area contributed by atoms with Gasteiger partial charge in [0.05, 0.1) is 6.42 Å². The summed E-state index contributed by atoms with van der Waals surface area (Å²) in [5, 5.41) is 9.80. The molecule has 4 aliphatic rings. The van der Waals surface area contributed by atoms with Gasteiger partial charge < -0.3 is 15.2 Å². The Labute approximate surface area is 202 Å². The molecule has 35 heavy (non-hydrogen) atoms. The van der Waals surface area contributed by atoms with Crippen LogP contribution >= 0.6 is 0 Å².